The van der Waals surface area contributed by atoms with E-state index in [0.29, 0.717) is 35.5 Å². The Hall–Kier alpha value is -3.28. The van der Waals surface area contributed by atoms with Crippen molar-refractivity contribution in [3.8, 4) is 0 Å². The van der Waals surface area contributed by atoms with Gasteiger partial charge in [0, 0.05) is 33.1 Å². The van der Waals surface area contributed by atoms with Crippen molar-refractivity contribution in [2.24, 2.45) is 0 Å². The molecule has 0 amide bonds. The van der Waals surface area contributed by atoms with Crippen LogP contribution in [0.5, 0.6) is 0 Å². The molecule has 0 spiro atoms. The summed E-state index contributed by atoms with van der Waals surface area (Å²) in [7, 11) is 0. The fourth-order valence-electron chi connectivity index (χ4n) is 4.68. The molecular formula is C32H40O6. The van der Waals surface area contributed by atoms with Crippen molar-refractivity contribution >= 4 is 23.5 Å². The van der Waals surface area contributed by atoms with Gasteiger partial charge in [0.1, 0.15) is 0 Å². The average molecular weight is 521 g/mol. The highest BCUT2D eigenvalue weighted by Crippen LogP contribution is 2.36. The van der Waals surface area contributed by atoms with E-state index in [1.54, 1.807) is 24.3 Å². The number of fused-ring (bicyclic) bond motifs is 2. The normalized spacial score (nSPS) is 13.1. The van der Waals surface area contributed by atoms with Crippen molar-refractivity contribution in [3.05, 3.63) is 69.8 Å². The third-order valence-corrected chi connectivity index (χ3v) is 7.28. The molecule has 0 N–H and O–H groups in total. The van der Waals surface area contributed by atoms with Crippen molar-refractivity contribution in [3.63, 3.8) is 0 Å². The molecule has 1 aliphatic rings. The molecule has 1 aliphatic carbocycles. The minimum absolute atomic E-state index is 0.174. The van der Waals surface area contributed by atoms with Gasteiger partial charge in [-0.05, 0) is 48.2 Å². The van der Waals surface area contributed by atoms with E-state index in [1.807, 2.05) is 53.7 Å². The number of rotatable bonds is 12. The first kappa shape index (κ1) is 29.3. The Morgan fingerprint density at radius 3 is 1.34 bits per heavy atom. The van der Waals surface area contributed by atoms with Gasteiger partial charge in [0.25, 0.3) is 0 Å². The predicted octanol–water partition coefficient (Wildman–Crippen LogP) is 6.48. The summed E-state index contributed by atoms with van der Waals surface area (Å²) in [5, 5.41) is 0. The minimum atomic E-state index is -0.568. The lowest BCUT2D eigenvalue weighted by atomic mass is 9.75. The van der Waals surface area contributed by atoms with Crippen LogP contribution >= 0.6 is 0 Å². The number of carbonyl (C=O) groups excluding carboxylic acids is 4. The smallest absolute Gasteiger partial charge is 0.306 e. The number of ether oxygens (including phenoxy) is 2. The van der Waals surface area contributed by atoms with Gasteiger partial charge >= 0.3 is 11.9 Å². The van der Waals surface area contributed by atoms with Crippen molar-refractivity contribution in [1.82, 2.24) is 0 Å². The topological polar surface area (TPSA) is 86.7 Å². The van der Waals surface area contributed by atoms with Gasteiger partial charge in [-0.2, -0.15) is 0 Å². The Kier molecular flexibility index (Phi) is 9.29. The molecule has 0 atom stereocenters. The van der Waals surface area contributed by atoms with E-state index < -0.39 is 10.8 Å². The van der Waals surface area contributed by atoms with Crippen LogP contribution in [0.15, 0.2) is 36.4 Å². The lowest BCUT2D eigenvalue weighted by Crippen LogP contribution is -2.27. The number of benzene rings is 2. The van der Waals surface area contributed by atoms with Gasteiger partial charge in [0.2, 0.25) is 0 Å². The van der Waals surface area contributed by atoms with Gasteiger partial charge in [0.05, 0.1) is 26.1 Å². The lowest BCUT2D eigenvalue weighted by molar-refractivity contribution is -0.146. The summed E-state index contributed by atoms with van der Waals surface area (Å²) in [4.78, 5) is 51.7. The Balaban J connectivity index is 1.84. The molecule has 0 saturated carbocycles. The van der Waals surface area contributed by atoms with Gasteiger partial charge < -0.3 is 9.47 Å². The molecule has 0 aromatic heterocycles. The van der Waals surface area contributed by atoms with Crippen LogP contribution in [0.4, 0.5) is 0 Å². The summed E-state index contributed by atoms with van der Waals surface area (Å²) in [6, 6.07) is 10.5. The van der Waals surface area contributed by atoms with Crippen LogP contribution in [0, 0.1) is 0 Å². The molecule has 204 valence electrons. The lowest BCUT2D eigenvalue weighted by Gasteiger charge is -2.28. The summed E-state index contributed by atoms with van der Waals surface area (Å²) < 4.78 is 10.7. The number of hydrogen-bond donors (Lipinski definition) is 0. The largest absolute Gasteiger partial charge is 0.466 e. The second-order valence-electron chi connectivity index (χ2n) is 11.4. The van der Waals surface area contributed by atoms with Crippen LogP contribution in [0.25, 0.3) is 0 Å². The Morgan fingerprint density at radius 2 is 1.00 bits per heavy atom. The van der Waals surface area contributed by atoms with Gasteiger partial charge in [0.15, 0.2) is 11.6 Å². The summed E-state index contributed by atoms with van der Waals surface area (Å²) in [5.41, 5.74) is 1.85. The second kappa shape index (κ2) is 12.1. The van der Waals surface area contributed by atoms with Crippen molar-refractivity contribution in [2.75, 3.05) is 13.2 Å². The Morgan fingerprint density at radius 1 is 0.632 bits per heavy atom. The molecule has 2 aromatic carbocycles. The molecule has 0 heterocycles. The summed E-state index contributed by atoms with van der Waals surface area (Å²) in [5.74, 6) is -1.00. The maximum Gasteiger partial charge on any atom is 0.306 e. The SMILES string of the molecule is CCCCOC(=O)CC(C)(C)c1ccc2c(c1)C(=O)c1ccc(C(C)(C)CC(=O)OCCCC)cc1C2=O. The summed E-state index contributed by atoms with van der Waals surface area (Å²) >= 11 is 0. The van der Waals surface area contributed by atoms with E-state index in [0.717, 1.165) is 36.8 Å². The average Bonchev–Trinajstić information content (AvgIpc) is 2.86. The first-order valence-corrected chi connectivity index (χ1v) is 13.6. The first-order valence-electron chi connectivity index (χ1n) is 13.6. The zero-order chi connectivity index (χ0) is 28.1. The van der Waals surface area contributed by atoms with Crippen LogP contribution in [-0.4, -0.2) is 36.7 Å². The van der Waals surface area contributed by atoms with Crippen molar-refractivity contribution < 1.29 is 28.7 Å². The number of hydrogen-bond acceptors (Lipinski definition) is 6. The van der Waals surface area contributed by atoms with E-state index in [-0.39, 0.29) is 36.3 Å². The van der Waals surface area contributed by atoms with Crippen LogP contribution in [0.2, 0.25) is 0 Å². The molecule has 0 bridgehead atoms. The number of unbranched alkanes of at least 4 members (excludes halogenated alkanes) is 2. The highest BCUT2D eigenvalue weighted by atomic mass is 16.5. The molecule has 6 heteroatoms. The minimum Gasteiger partial charge on any atom is -0.466 e. The zero-order valence-electron chi connectivity index (χ0n) is 23.6. The summed E-state index contributed by atoms with van der Waals surface area (Å²) in [6.45, 7) is 12.6. The van der Waals surface area contributed by atoms with E-state index >= 15 is 0 Å². The van der Waals surface area contributed by atoms with E-state index in [9.17, 15) is 19.2 Å². The Bertz CT molecular complexity index is 1120. The van der Waals surface area contributed by atoms with E-state index in [2.05, 4.69) is 0 Å². The van der Waals surface area contributed by atoms with Gasteiger partial charge in [-0.3, -0.25) is 19.2 Å². The predicted molar refractivity (Wildman–Crippen MR) is 147 cm³/mol. The van der Waals surface area contributed by atoms with E-state index in [1.165, 1.54) is 0 Å². The molecule has 0 unspecified atom stereocenters. The molecule has 6 nitrogen and oxygen atoms in total. The molecular weight excluding hydrogens is 480 g/mol. The highest BCUT2D eigenvalue weighted by molar-refractivity contribution is 6.28. The maximum atomic E-state index is 13.5. The first-order chi connectivity index (χ1) is 17.9. The quantitative estimate of drug-likeness (QED) is 0.201. The molecule has 2 aromatic rings. The zero-order valence-corrected chi connectivity index (χ0v) is 23.6. The van der Waals surface area contributed by atoms with Crippen LogP contribution in [-0.2, 0) is 29.9 Å². The fourth-order valence-corrected chi connectivity index (χ4v) is 4.68. The number of ketones is 2. The number of carbonyl (C=O) groups is 4. The van der Waals surface area contributed by atoms with Crippen LogP contribution in [0.1, 0.15) is 123 Å². The van der Waals surface area contributed by atoms with Gasteiger partial charge in [-0.15, -0.1) is 0 Å². The standard InChI is InChI=1S/C32H40O6/c1-7-9-15-37-27(33)19-31(3,4)21-11-13-23-25(17-21)29(35)24-14-12-22(18-26(24)30(23)36)32(5,6)20-28(34)38-16-10-8-2/h11-14,17-18H,7-10,15-16,19-20H2,1-6H3. The molecule has 0 aliphatic heterocycles. The number of esters is 2. The van der Waals surface area contributed by atoms with Crippen molar-refractivity contribution in [2.45, 2.75) is 90.9 Å². The van der Waals surface area contributed by atoms with Crippen LogP contribution < -0.4 is 0 Å². The third-order valence-electron chi connectivity index (χ3n) is 7.28. The van der Waals surface area contributed by atoms with Crippen molar-refractivity contribution in [1.29, 1.82) is 0 Å². The molecule has 0 fully saturated rings. The molecule has 0 radical (unpaired) electrons. The van der Waals surface area contributed by atoms with Gasteiger partial charge in [-0.25, -0.2) is 0 Å². The Labute approximate surface area is 226 Å². The molecule has 3 rings (SSSR count). The highest BCUT2D eigenvalue weighted by Gasteiger charge is 2.34. The second-order valence-corrected chi connectivity index (χ2v) is 11.4. The van der Waals surface area contributed by atoms with Gasteiger partial charge in [-0.1, -0.05) is 66.5 Å². The monoisotopic (exact) mass is 520 g/mol. The maximum absolute atomic E-state index is 13.5. The fraction of sp³-hybridized carbons (Fsp3) is 0.500. The van der Waals surface area contributed by atoms with E-state index in [4.69, 9.17) is 9.47 Å². The third kappa shape index (κ3) is 6.58. The summed E-state index contributed by atoms with van der Waals surface area (Å²) in [6.07, 6.45) is 3.89. The molecule has 0 saturated heterocycles. The van der Waals surface area contributed by atoms with Crippen LogP contribution in [0.3, 0.4) is 0 Å². The molecule has 38 heavy (non-hydrogen) atoms.